The summed E-state index contributed by atoms with van der Waals surface area (Å²) in [7, 11) is 1.51. The van der Waals surface area contributed by atoms with Gasteiger partial charge in [-0.05, 0) is 43.3 Å². The lowest BCUT2D eigenvalue weighted by Gasteiger charge is -2.17. The van der Waals surface area contributed by atoms with Crippen LogP contribution in [0, 0.1) is 6.92 Å². The van der Waals surface area contributed by atoms with E-state index in [4.69, 9.17) is 14.3 Å². The van der Waals surface area contributed by atoms with Crippen molar-refractivity contribution in [2.45, 2.75) is 20.0 Å². The number of benzene rings is 2. The topological polar surface area (TPSA) is 82.5 Å². The van der Waals surface area contributed by atoms with Crippen molar-refractivity contribution in [1.82, 2.24) is 19.2 Å². The Balaban J connectivity index is 1.38. The lowest BCUT2D eigenvalue weighted by atomic mass is 10.1. The van der Waals surface area contributed by atoms with Gasteiger partial charge in [0.15, 0.2) is 11.3 Å². The number of carbonyl (C=O) groups is 1. The summed E-state index contributed by atoms with van der Waals surface area (Å²) in [5.41, 5.74) is 3.48. The Hall–Kier alpha value is -4.59. The molecule has 1 aliphatic rings. The molecule has 0 atom stereocenters. The number of aromatic nitrogens is 3. The first kappa shape index (κ1) is 21.0. The molecule has 35 heavy (non-hydrogen) atoms. The Morgan fingerprint density at radius 2 is 1.80 bits per heavy atom. The Morgan fingerprint density at radius 3 is 2.54 bits per heavy atom. The van der Waals surface area contributed by atoms with Gasteiger partial charge >= 0.3 is 5.63 Å². The molecule has 8 nitrogen and oxygen atoms in total. The molecule has 0 radical (unpaired) electrons. The maximum absolute atomic E-state index is 13.4. The van der Waals surface area contributed by atoms with Gasteiger partial charge in [0, 0.05) is 23.3 Å². The highest BCUT2D eigenvalue weighted by molar-refractivity contribution is 5.97. The number of amides is 1. The number of rotatable bonds is 4. The summed E-state index contributed by atoms with van der Waals surface area (Å²) in [5, 5.41) is 5.48. The number of methoxy groups -OCH3 is 1. The lowest BCUT2D eigenvalue weighted by Crippen LogP contribution is -2.30. The van der Waals surface area contributed by atoms with Gasteiger partial charge in [0.2, 0.25) is 0 Å². The minimum atomic E-state index is -0.688. The molecule has 0 bridgehead atoms. The normalized spacial score (nSPS) is 12.8. The fraction of sp³-hybridized carbons (Fsp3) is 0.148. The van der Waals surface area contributed by atoms with Crippen molar-refractivity contribution >= 4 is 16.9 Å². The van der Waals surface area contributed by atoms with Crippen LogP contribution in [-0.2, 0) is 13.1 Å². The van der Waals surface area contributed by atoms with E-state index in [1.807, 2.05) is 65.0 Å². The van der Waals surface area contributed by atoms with Gasteiger partial charge in [0.05, 0.1) is 31.6 Å². The minimum absolute atomic E-state index is 0.00942. The fourth-order valence-electron chi connectivity index (χ4n) is 4.55. The van der Waals surface area contributed by atoms with Gasteiger partial charge in [-0.3, -0.25) is 4.79 Å². The molecule has 2 aromatic carbocycles. The SMILES string of the molecule is COc1cccc2cc(C(=O)N3Cc4nn(-c5ccc(C)cc5)c(-n5cccc5)c4C3)c(=O)oc12. The van der Waals surface area contributed by atoms with Crippen LogP contribution in [-0.4, -0.2) is 32.3 Å². The van der Waals surface area contributed by atoms with Crippen molar-refractivity contribution in [3.63, 3.8) is 0 Å². The standard InChI is InChI=1S/C27H22N4O4/c1-17-8-10-19(11-9-17)31-25(29-12-3-4-13-29)21-15-30(16-22(21)28-31)26(32)20-14-18-6-5-7-23(34-2)24(18)35-27(20)33/h3-14H,15-16H2,1-2H3. The second-order valence-corrected chi connectivity index (χ2v) is 8.57. The molecular weight excluding hydrogens is 444 g/mol. The first-order valence-electron chi connectivity index (χ1n) is 11.2. The number of hydrogen-bond acceptors (Lipinski definition) is 5. The molecule has 0 saturated heterocycles. The summed E-state index contributed by atoms with van der Waals surface area (Å²) < 4.78 is 14.6. The van der Waals surface area contributed by atoms with Crippen molar-refractivity contribution in [2.75, 3.05) is 7.11 Å². The predicted molar refractivity (Wildman–Crippen MR) is 130 cm³/mol. The third kappa shape index (κ3) is 3.42. The minimum Gasteiger partial charge on any atom is -0.493 e. The fourth-order valence-corrected chi connectivity index (χ4v) is 4.55. The zero-order valence-electron chi connectivity index (χ0n) is 19.3. The molecule has 1 amide bonds. The van der Waals surface area contributed by atoms with Gasteiger partial charge in [-0.25, -0.2) is 9.48 Å². The zero-order valence-corrected chi connectivity index (χ0v) is 19.3. The lowest BCUT2D eigenvalue weighted by molar-refractivity contribution is 0.0745. The maximum Gasteiger partial charge on any atom is 0.349 e. The number of carbonyl (C=O) groups excluding carboxylic acids is 1. The smallest absolute Gasteiger partial charge is 0.349 e. The van der Waals surface area contributed by atoms with Gasteiger partial charge in [0.1, 0.15) is 11.4 Å². The largest absolute Gasteiger partial charge is 0.493 e. The van der Waals surface area contributed by atoms with E-state index in [-0.39, 0.29) is 11.5 Å². The van der Waals surface area contributed by atoms with Crippen molar-refractivity contribution in [3.05, 3.63) is 106 Å². The van der Waals surface area contributed by atoms with E-state index in [2.05, 4.69) is 0 Å². The molecule has 0 aliphatic carbocycles. The molecule has 0 spiro atoms. The molecule has 1 aliphatic heterocycles. The Bertz CT molecular complexity index is 1630. The number of ether oxygens (including phenoxy) is 1. The monoisotopic (exact) mass is 466 g/mol. The van der Waals surface area contributed by atoms with Crippen LogP contribution in [0.25, 0.3) is 22.5 Å². The molecule has 8 heteroatoms. The average Bonchev–Trinajstić information content (AvgIpc) is 3.60. The molecule has 4 heterocycles. The number of fused-ring (bicyclic) bond motifs is 2. The Kier molecular flexibility index (Phi) is 4.81. The van der Waals surface area contributed by atoms with Crippen LogP contribution in [0.4, 0.5) is 0 Å². The Labute approximate surface area is 200 Å². The van der Waals surface area contributed by atoms with Gasteiger partial charge in [-0.1, -0.05) is 29.8 Å². The average molecular weight is 466 g/mol. The molecule has 0 saturated carbocycles. The number of aryl methyl sites for hydroxylation is 1. The molecule has 0 fully saturated rings. The van der Waals surface area contributed by atoms with Crippen LogP contribution in [0.3, 0.4) is 0 Å². The van der Waals surface area contributed by atoms with Crippen LogP contribution < -0.4 is 10.4 Å². The van der Waals surface area contributed by atoms with Gasteiger partial charge in [-0.15, -0.1) is 0 Å². The highest BCUT2D eigenvalue weighted by Gasteiger charge is 2.33. The maximum atomic E-state index is 13.4. The van der Waals surface area contributed by atoms with Crippen LogP contribution in [0.2, 0.25) is 0 Å². The summed E-state index contributed by atoms with van der Waals surface area (Å²) in [5.74, 6) is 0.933. The Morgan fingerprint density at radius 1 is 1.03 bits per heavy atom. The van der Waals surface area contributed by atoms with Crippen LogP contribution in [0.15, 0.2) is 82.3 Å². The molecule has 174 valence electrons. The summed E-state index contributed by atoms with van der Waals surface area (Å²) >= 11 is 0. The molecular formula is C27H22N4O4. The highest BCUT2D eigenvalue weighted by Crippen LogP contribution is 2.32. The van der Waals surface area contributed by atoms with E-state index in [1.54, 1.807) is 29.2 Å². The number of nitrogens with zero attached hydrogens (tertiary/aromatic N) is 4. The summed E-state index contributed by atoms with van der Waals surface area (Å²) in [6.07, 6.45) is 3.91. The van der Waals surface area contributed by atoms with E-state index in [1.165, 1.54) is 12.7 Å². The first-order chi connectivity index (χ1) is 17.0. The summed E-state index contributed by atoms with van der Waals surface area (Å²) in [4.78, 5) is 27.8. The zero-order chi connectivity index (χ0) is 24.1. The van der Waals surface area contributed by atoms with E-state index in [9.17, 15) is 9.59 Å². The second-order valence-electron chi connectivity index (χ2n) is 8.57. The van der Waals surface area contributed by atoms with E-state index in [0.29, 0.717) is 29.8 Å². The van der Waals surface area contributed by atoms with E-state index in [0.717, 1.165) is 22.8 Å². The van der Waals surface area contributed by atoms with E-state index >= 15 is 0 Å². The predicted octanol–water partition coefficient (Wildman–Crippen LogP) is 4.24. The molecule has 0 N–H and O–H groups in total. The first-order valence-corrected chi connectivity index (χ1v) is 11.2. The molecule has 6 rings (SSSR count). The third-order valence-corrected chi connectivity index (χ3v) is 6.32. The van der Waals surface area contributed by atoms with E-state index < -0.39 is 5.63 Å². The third-order valence-electron chi connectivity index (χ3n) is 6.32. The van der Waals surface area contributed by atoms with Gasteiger partial charge in [0.25, 0.3) is 5.91 Å². The van der Waals surface area contributed by atoms with Crippen molar-refractivity contribution in [2.24, 2.45) is 0 Å². The second kappa shape index (κ2) is 8.02. The van der Waals surface area contributed by atoms with Crippen LogP contribution in [0.1, 0.15) is 27.2 Å². The van der Waals surface area contributed by atoms with Gasteiger partial charge < -0.3 is 18.6 Å². The number of hydrogen-bond donors (Lipinski definition) is 0. The molecule has 3 aromatic heterocycles. The van der Waals surface area contributed by atoms with Crippen molar-refractivity contribution in [1.29, 1.82) is 0 Å². The number of para-hydroxylation sites is 1. The van der Waals surface area contributed by atoms with Crippen molar-refractivity contribution in [3.8, 4) is 17.3 Å². The van der Waals surface area contributed by atoms with Gasteiger partial charge in [-0.2, -0.15) is 5.10 Å². The van der Waals surface area contributed by atoms with Crippen LogP contribution in [0.5, 0.6) is 5.75 Å². The summed E-state index contributed by atoms with van der Waals surface area (Å²) in [6.45, 7) is 2.68. The summed E-state index contributed by atoms with van der Waals surface area (Å²) in [6, 6.07) is 18.9. The van der Waals surface area contributed by atoms with Crippen molar-refractivity contribution < 1.29 is 13.9 Å². The molecule has 0 unspecified atom stereocenters. The quantitative estimate of drug-likeness (QED) is 0.370. The molecule has 5 aromatic rings. The highest BCUT2D eigenvalue weighted by atomic mass is 16.5. The van der Waals surface area contributed by atoms with Crippen LogP contribution >= 0.6 is 0 Å².